The van der Waals surface area contributed by atoms with Crippen LogP contribution in [0.3, 0.4) is 0 Å². The highest BCUT2D eigenvalue weighted by Gasteiger charge is 1.92. The summed E-state index contributed by atoms with van der Waals surface area (Å²) in [5.74, 6) is 0. The van der Waals surface area contributed by atoms with Crippen LogP contribution in [0.15, 0.2) is 48.8 Å². The van der Waals surface area contributed by atoms with Gasteiger partial charge >= 0.3 is 0 Å². The summed E-state index contributed by atoms with van der Waals surface area (Å²) in [6.07, 6.45) is 8.12. The van der Waals surface area contributed by atoms with Gasteiger partial charge in [0.2, 0.25) is 0 Å². The third-order valence-corrected chi connectivity index (χ3v) is 2.51. The topological polar surface area (TPSA) is 27.7 Å². The molecule has 0 aliphatic rings. The molecule has 0 saturated heterocycles. The van der Waals surface area contributed by atoms with Crippen molar-refractivity contribution in [3.8, 4) is 6.07 Å². The van der Waals surface area contributed by atoms with Gasteiger partial charge in [-0.1, -0.05) is 24.3 Å². The molecule has 82 valence electrons. The van der Waals surface area contributed by atoms with Crippen molar-refractivity contribution < 1.29 is 4.57 Å². The Balaban J connectivity index is 2.14. The highest BCUT2D eigenvalue weighted by molar-refractivity contribution is 5.69. The minimum absolute atomic E-state index is 0.689. The summed E-state index contributed by atoms with van der Waals surface area (Å²) >= 11 is 0. The van der Waals surface area contributed by atoms with E-state index in [0.717, 1.165) is 11.1 Å². The molecule has 0 spiro atoms. The van der Waals surface area contributed by atoms with Crippen LogP contribution in [0.5, 0.6) is 0 Å². The predicted molar refractivity (Wildman–Crippen MR) is 67.7 cm³/mol. The normalized spacial score (nSPS) is 10.4. The zero-order chi connectivity index (χ0) is 12.1. The zero-order valence-electron chi connectivity index (χ0n) is 9.67. The monoisotopic (exact) mass is 221 g/mol. The van der Waals surface area contributed by atoms with Gasteiger partial charge in [-0.2, -0.15) is 5.26 Å². The molecular formula is C15H13N2+. The summed E-state index contributed by atoms with van der Waals surface area (Å²) in [6.45, 7) is 0. The lowest BCUT2D eigenvalue weighted by Crippen LogP contribution is -2.25. The van der Waals surface area contributed by atoms with Crippen molar-refractivity contribution in [2.24, 2.45) is 7.05 Å². The summed E-state index contributed by atoms with van der Waals surface area (Å²) in [4.78, 5) is 0. The van der Waals surface area contributed by atoms with Crippen molar-refractivity contribution in [2.75, 3.05) is 0 Å². The van der Waals surface area contributed by atoms with Crippen LogP contribution >= 0.6 is 0 Å². The van der Waals surface area contributed by atoms with Gasteiger partial charge in [-0.05, 0) is 23.3 Å². The quantitative estimate of drug-likeness (QED) is 0.716. The van der Waals surface area contributed by atoms with E-state index in [4.69, 9.17) is 5.26 Å². The number of hydrogen-bond acceptors (Lipinski definition) is 1. The number of pyridine rings is 1. The summed E-state index contributed by atoms with van der Waals surface area (Å²) in [7, 11) is 1.99. The molecule has 1 aromatic carbocycles. The average molecular weight is 221 g/mol. The lowest BCUT2D eigenvalue weighted by atomic mass is 10.1. The average Bonchev–Trinajstić information content (AvgIpc) is 2.39. The van der Waals surface area contributed by atoms with Crippen molar-refractivity contribution in [3.05, 3.63) is 65.5 Å². The van der Waals surface area contributed by atoms with Gasteiger partial charge in [0.15, 0.2) is 12.4 Å². The molecule has 2 rings (SSSR count). The van der Waals surface area contributed by atoms with Gasteiger partial charge in [-0.3, -0.25) is 0 Å². The second-order valence-corrected chi connectivity index (χ2v) is 3.86. The number of hydrogen-bond donors (Lipinski definition) is 0. The van der Waals surface area contributed by atoms with Gasteiger partial charge in [-0.25, -0.2) is 4.57 Å². The highest BCUT2D eigenvalue weighted by Crippen LogP contribution is 2.08. The number of nitriles is 1. The minimum Gasteiger partial charge on any atom is -0.208 e. The van der Waals surface area contributed by atoms with Crippen molar-refractivity contribution >= 4 is 12.2 Å². The Morgan fingerprint density at radius 1 is 0.941 bits per heavy atom. The lowest BCUT2D eigenvalue weighted by Gasteiger charge is -1.94. The van der Waals surface area contributed by atoms with Gasteiger partial charge < -0.3 is 0 Å². The van der Waals surface area contributed by atoms with E-state index in [1.54, 1.807) is 0 Å². The van der Waals surface area contributed by atoms with Crippen LogP contribution in [0, 0.1) is 11.3 Å². The van der Waals surface area contributed by atoms with Gasteiger partial charge in [0.05, 0.1) is 11.6 Å². The van der Waals surface area contributed by atoms with Crippen molar-refractivity contribution in [2.45, 2.75) is 0 Å². The molecule has 0 aliphatic heterocycles. The van der Waals surface area contributed by atoms with E-state index >= 15 is 0 Å². The van der Waals surface area contributed by atoms with Crippen LogP contribution in [0.25, 0.3) is 12.2 Å². The van der Waals surface area contributed by atoms with Crippen LogP contribution in [-0.4, -0.2) is 0 Å². The molecule has 2 nitrogen and oxygen atoms in total. The third kappa shape index (κ3) is 3.02. The first kappa shape index (κ1) is 11.1. The fourth-order valence-corrected chi connectivity index (χ4v) is 1.48. The van der Waals surface area contributed by atoms with E-state index in [0.29, 0.717) is 5.56 Å². The Morgan fingerprint density at radius 2 is 1.47 bits per heavy atom. The molecule has 0 amide bonds. The smallest absolute Gasteiger partial charge is 0.169 e. The van der Waals surface area contributed by atoms with Crippen LogP contribution in [0.1, 0.15) is 16.7 Å². The summed E-state index contributed by atoms with van der Waals surface area (Å²) in [6, 6.07) is 13.8. The van der Waals surface area contributed by atoms with Gasteiger partial charge in [-0.15, -0.1) is 0 Å². The Kier molecular flexibility index (Phi) is 3.32. The molecule has 0 unspecified atom stereocenters. The van der Waals surface area contributed by atoms with Crippen LogP contribution < -0.4 is 4.57 Å². The van der Waals surface area contributed by atoms with Crippen molar-refractivity contribution in [1.29, 1.82) is 5.26 Å². The maximum Gasteiger partial charge on any atom is 0.169 e. The van der Waals surface area contributed by atoms with E-state index < -0.39 is 0 Å². The first-order valence-corrected chi connectivity index (χ1v) is 5.41. The second kappa shape index (κ2) is 5.09. The molecule has 0 N–H and O–H groups in total. The Labute approximate surface area is 101 Å². The summed E-state index contributed by atoms with van der Waals surface area (Å²) < 4.78 is 2.00. The number of rotatable bonds is 2. The van der Waals surface area contributed by atoms with E-state index in [1.807, 2.05) is 54.3 Å². The van der Waals surface area contributed by atoms with Gasteiger partial charge in [0, 0.05) is 12.1 Å². The summed E-state index contributed by atoms with van der Waals surface area (Å²) in [5.41, 5.74) is 2.94. The molecular weight excluding hydrogens is 208 g/mol. The Hall–Kier alpha value is -2.40. The Morgan fingerprint density at radius 3 is 2.00 bits per heavy atom. The van der Waals surface area contributed by atoms with E-state index in [-0.39, 0.29) is 0 Å². The molecule has 0 radical (unpaired) electrons. The van der Waals surface area contributed by atoms with E-state index in [1.165, 1.54) is 0 Å². The predicted octanol–water partition coefficient (Wildman–Crippen LogP) is 2.55. The number of aryl methyl sites for hydroxylation is 1. The molecule has 0 saturated carbocycles. The van der Waals surface area contributed by atoms with Gasteiger partial charge in [0.25, 0.3) is 0 Å². The molecule has 2 aromatic rings. The molecule has 2 heteroatoms. The molecule has 17 heavy (non-hydrogen) atoms. The zero-order valence-corrected chi connectivity index (χ0v) is 9.67. The Bertz CT molecular complexity index is 557. The van der Waals surface area contributed by atoms with E-state index in [9.17, 15) is 0 Å². The van der Waals surface area contributed by atoms with Crippen LogP contribution in [-0.2, 0) is 7.05 Å². The van der Waals surface area contributed by atoms with Crippen molar-refractivity contribution in [3.63, 3.8) is 0 Å². The molecule has 0 bridgehead atoms. The third-order valence-electron chi connectivity index (χ3n) is 2.51. The highest BCUT2D eigenvalue weighted by atomic mass is 14.9. The maximum atomic E-state index is 8.69. The molecule has 0 aliphatic carbocycles. The van der Waals surface area contributed by atoms with Crippen molar-refractivity contribution in [1.82, 2.24) is 0 Å². The van der Waals surface area contributed by atoms with Crippen LogP contribution in [0.4, 0.5) is 0 Å². The molecule has 1 aromatic heterocycles. The first-order chi connectivity index (χ1) is 8.28. The maximum absolute atomic E-state index is 8.69. The lowest BCUT2D eigenvalue weighted by molar-refractivity contribution is -0.671. The molecule has 0 fully saturated rings. The minimum atomic E-state index is 0.689. The van der Waals surface area contributed by atoms with E-state index in [2.05, 4.69) is 24.3 Å². The number of benzene rings is 1. The molecule has 0 atom stereocenters. The van der Waals surface area contributed by atoms with Crippen LogP contribution in [0.2, 0.25) is 0 Å². The largest absolute Gasteiger partial charge is 0.208 e. The SMILES string of the molecule is C[n+]1ccc(/C=C/c2ccc(C#N)cc2)cc1. The molecule has 1 heterocycles. The number of aromatic nitrogens is 1. The standard InChI is InChI=1S/C15H13N2/c1-17-10-8-14(9-11-17)3-2-13-4-6-15(12-16)7-5-13/h2-11H,1H3/q+1/b3-2+. The first-order valence-electron chi connectivity index (χ1n) is 5.41. The second-order valence-electron chi connectivity index (χ2n) is 3.86. The fraction of sp³-hybridized carbons (Fsp3) is 0.0667. The number of nitrogens with zero attached hydrogens (tertiary/aromatic N) is 2. The van der Waals surface area contributed by atoms with Gasteiger partial charge in [0.1, 0.15) is 7.05 Å². The summed E-state index contributed by atoms with van der Waals surface area (Å²) in [5, 5.41) is 8.69. The fourth-order valence-electron chi connectivity index (χ4n) is 1.48.